The summed E-state index contributed by atoms with van der Waals surface area (Å²) >= 11 is 0. The predicted molar refractivity (Wildman–Crippen MR) is 78.8 cm³/mol. The van der Waals surface area contributed by atoms with E-state index in [1.807, 2.05) is 18.2 Å². The van der Waals surface area contributed by atoms with Crippen LogP contribution >= 0.6 is 0 Å². The number of furan rings is 1. The monoisotopic (exact) mass is 271 g/mol. The highest BCUT2D eigenvalue weighted by atomic mass is 19.1. The number of benzene rings is 1. The van der Waals surface area contributed by atoms with Crippen LogP contribution in [-0.2, 0) is 0 Å². The third kappa shape index (κ3) is 3.17. The zero-order valence-electron chi connectivity index (χ0n) is 11.5. The van der Waals surface area contributed by atoms with Crippen LogP contribution in [0.1, 0.15) is 25.5 Å². The first-order valence-corrected chi connectivity index (χ1v) is 6.97. The summed E-state index contributed by atoms with van der Waals surface area (Å²) in [6, 6.07) is 11.0. The lowest BCUT2D eigenvalue weighted by Gasteiger charge is -2.02. The summed E-state index contributed by atoms with van der Waals surface area (Å²) in [5, 5.41) is 3.45. The molecule has 2 nitrogen and oxygen atoms in total. The zero-order chi connectivity index (χ0) is 13.9. The van der Waals surface area contributed by atoms with Crippen LogP contribution in [0.3, 0.4) is 0 Å². The maximum atomic E-state index is 13.7. The van der Waals surface area contributed by atoms with Crippen LogP contribution < -0.4 is 5.32 Å². The maximum absolute atomic E-state index is 13.7. The van der Waals surface area contributed by atoms with Crippen molar-refractivity contribution in [1.29, 1.82) is 0 Å². The largest absolute Gasteiger partial charge is 0.457 e. The first kappa shape index (κ1) is 13.1. The molecule has 1 heterocycles. The van der Waals surface area contributed by atoms with Gasteiger partial charge in [0.2, 0.25) is 0 Å². The van der Waals surface area contributed by atoms with E-state index in [1.165, 1.54) is 24.5 Å². The van der Waals surface area contributed by atoms with Crippen LogP contribution in [0.15, 0.2) is 46.4 Å². The summed E-state index contributed by atoms with van der Waals surface area (Å²) in [6.07, 6.45) is 4.57. The smallest absolute Gasteiger partial charge is 0.137 e. The Bertz CT molecular complexity index is 625. The van der Waals surface area contributed by atoms with Gasteiger partial charge in [-0.05, 0) is 50.1 Å². The van der Waals surface area contributed by atoms with Gasteiger partial charge in [0, 0.05) is 12.6 Å². The first-order valence-electron chi connectivity index (χ1n) is 6.97. The Kier molecular flexibility index (Phi) is 3.70. The third-order valence-electron chi connectivity index (χ3n) is 3.40. The quantitative estimate of drug-likeness (QED) is 0.879. The van der Waals surface area contributed by atoms with Crippen molar-refractivity contribution in [2.75, 3.05) is 6.54 Å². The van der Waals surface area contributed by atoms with Crippen molar-refractivity contribution >= 4 is 6.08 Å². The molecule has 1 aromatic carbocycles. The molecule has 1 fully saturated rings. The van der Waals surface area contributed by atoms with Crippen molar-refractivity contribution < 1.29 is 8.81 Å². The molecular weight excluding hydrogens is 253 g/mol. The molecule has 0 bridgehead atoms. The number of nitrogens with one attached hydrogen (secondary N) is 1. The summed E-state index contributed by atoms with van der Waals surface area (Å²) in [6.45, 7) is 2.95. The second-order valence-electron chi connectivity index (χ2n) is 5.33. The predicted octanol–water partition coefficient (Wildman–Crippen LogP) is 4.24. The van der Waals surface area contributed by atoms with Gasteiger partial charge in [0.1, 0.15) is 17.3 Å². The molecule has 1 aromatic heterocycles. The van der Waals surface area contributed by atoms with Crippen LogP contribution in [-0.4, -0.2) is 12.6 Å². The molecule has 0 spiro atoms. The SMILES string of the molecule is CC(=Cc1ccc(-c2ccccc2F)o1)CNC1CC1. The lowest BCUT2D eigenvalue weighted by atomic mass is 10.1. The topological polar surface area (TPSA) is 25.2 Å². The fourth-order valence-electron chi connectivity index (χ4n) is 2.12. The van der Waals surface area contributed by atoms with Gasteiger partial charge >= 0.3 is 0 Å². The minimum Gasteiger partial charge on any atom is -0.457 e. The molecule has 20 heavy (non-hydrogen) atoms. The van der Waals surface area contributed by atoms with Gasteiger partial charge in [0.15, 0.2) is 0 Å². The molecule has 0 aliphatic heterocycles. The van der Waals surface area contributed by atoms with E-state index in [9.17, 15) is 4.39 Å². The van der Waals surface area contributed by atoms with Crippen molar-refractivity contribution in [3.63, 3.8) is 0 Å². The number of rotatable bonds is 5. The second kappa shape index (κ2) is 5.63. The van der Waals surface area contributed by atoms with E-state index in [0.29, 0.717) is 17.4 Å². The van der Waals surface area contributed by atoms with Gasteiger partial charge in [-0.1, -0.05) is 17.7 Å². The lowest BCUT2D eigenvalue weighted by molar-refractivity contribution is 0.560. The lowest BCUT2D eigenvalue weighted by Crippen LogP contribution is -2.18. The van der Waals surface area contributed by atoms with Crippen LogP contribution in [0.4, 0.5) is 4.39 Å². The minimum absolute atomic E-state index is 0.260. The van der Waals surface area contributed by atoms with Gasteiger partial charge in [-0.15, -0.1) is 0 Å². The number of halogens is 1. The second-order valence-corrected chi connectivity index (χ2v) is 5.33. The molecule has 3 rings (SSSR count). The molecule has 2 aromatic rings. The average molecular weight is 271 g/mol. The highest BCUT2D eigenvalue weighted by molar-refractivity contribution is 5.61. The Morgan fingerprint density at radius 1 is 1.30 bits per heavy atom. The molecule has 0 radical (unpaired) electrons. The van der Waals surface area contributed by atoms with Gasteiger partial charge in [-0.25, -0.2) is 4.39 Å². The van der Waals surface area contributed by atoms with Crippen LogP contribution in [0.25, 0.3) is 17.4 Å². The molecule has 1 N–H and O–H groups in total. The van der Waals surface area contributed by atoms with Gasteiger partial charge in [0.25, 0.3) is 0 Å². The molecule has 0 saturated heterocycles. The minimum atomic E-state index is -0.260. The molecule has 0 amide bonds. The Hall–Kier alpha value is -1.87. The van der Waals surface area contributed by atoms with E-state index in [-0.39, 0.29) is 5.82 Å². The Morgan fingerprint density at radius 2 is 2.10 bits per heavy atom. The standard InChI is InChI=1S/C17H18FNO/c1-12(11-19-13-6-7-13)10-14-8-9-17(20-14)15-4-2-3-5-16(15)18/h2-5,8-10,13,19H,6-7,11H2,1H3. The Morgan fingerprint density at radius 3 is 2.85 bits per heavy atom. The Balaban J connectivity index is 1.72. The van der Waals surface area contributed by atoms with E-state index in [0.717, 1.165) is 12.3 Å². The van der Waals surface area contributed by atoms with E-state index in [4.69, 9.17) is 4.42 Å². The number of hydrogen-bond acceptors (Lipinski definition) is 2. The van der Waals surface area contributed by atoms with Crippen molar-refractivity contribution in [3.8, 4) is 11.3 Å². The fraction of sp³-hybridized carbons (Fsp3) is 0.294. The van der Waals surface area contributed by atoms with Gasteiger partial charge < -0.3 is 9.73 Å². The molecule has 3 heteroatoms. The average Bonchev–Trinajstić information content (AvgIpc) is 3.16. The van der Waals surface area contributed by atoms with E-state index < -0.39 is 0 Å². The molecular formula is C17H18FNO. The molecule has 1 saturated carbocycles. The first-order chi connectivity index (χ1) is 9.72. The summed E-state index contributed by atoms with van der Waals surface area (Å²) in [7, 11) is 0. The van der Waals surface area contributed by atoms with Gasteiger partial charge in [-0.2, -0.15) is 0 Å². The highest BCUT2D eigenvalue weighted by Crippen LogP contribution is 2.25. The molecule has 104 valence electrons. The van der Waals surface area contributed by atoms with Crippen LogP contribution in [0.2, 0.25) is 0 Å². The Labute approximate surface area is 118 Å². The van der Waals surface area contributed by atoms with E-state index >= 15 is 0 Å². The molecule has 1 aliphatic carbocycles. The van der Waals surface area contributed by atoms with Gasteiger partial charge in [-0.3, -0.25) is 0 Å². The highest BCUT2D eigenvalue weighted by Gasteiger charge is 2.19. The van der Waals surface area contributed by atoms with Crippen molar-refractivity contribution in [2.24, 2.45) is 0 Å². The van der Waals surface area contributed by atoms with Crippen molar-refractivity contribution in [1.82, 2.24) is 5.32 Å². The fourth-order valence-corrected chi connectivity index (χ4v) is 2.12. The summed E-state index contributed by atoms with van der Waals surface area (Å²) in [5.41, 5.74) is 1.72. The van der Waals surface area contributed by atoms with Crippen molar-refractivity contribution in [2.45, 2.75) is 25.8 Å². The van der Waals surface area contributed by atoms with Crippen LogP contribution in [0.5, 0.6) is 0 Å². The van der Waals surface area contributed by atoms with Crippen LogP contribution in [0, 0.1) is 5.82 Å². The summed E-state index contributed by atoms with van der Waals surface area (Å²) in [5.74, 6) is 1.07. The van der Waals surface area contributed by atoms with Gasteiger partial charge in [0.05, 0.1) is 5.56 Å². The molecule has 0 atom stereocenters. The zero-order valence-corrected chi connectivity index (χ0v) is 11.5. The summed E-state index contributed by atoms with van der Waals surface area (Å²) in [4.78, 5) is 0. The van der Waals surface area contributed by atoms with E-state index in [1.54, 1.807) is 18.2 Å². The normalized spacial score (nSPS) is 15.6. The van der Waals surface area contributed by atoms with Crippen molar-refractivity contribution in [3.05, 3.63) is 53.5 Å². The molecule has 0 unspecified atom stereocenters. The molecule has 1 aliphatic rings. The van der Waals surface area contributed by atoms with E-state index in [2.05, 4.69) is 12.2 Å². The number of hydrogen-bond donors (Lipinski definition) is 1. The summed E-state index contributed by atoms with van der Waals surface area (Å²) < 4.78 is 19.4. The third-order valence-corrected chi connectivity index (χ3v) is 3.40. The maximum Gasteiger partial charge on any atom is 0.137 e.